The number of nitrogens with one attached hydrogen (secondary N) is 1. The second-order valence-corrected chi connectivity index (χ2v) is 8.97. The van der Waals surface area contributed by atoms with Crippen molar-refractivity contribution in [3.8, 4) is 0 Å². The Balaban J connectivity index is 0.000000718. The number of hydrogen-bond acceptors (Lipinski definition) is 6. The average Bonchev–Trinajstić information content (AvgIpc) is 2.75. The van der Waals surface area contributed by atoms with E-state index in [0.717, 1.165) is 11.1 Å². The zero-order valence-electron chi connectivity index (χ0n) is 19.0. The fourth-order valence-corrected chi connectivity index (χ4v) is 3.07. The lowest BCUT2D eigenvalue weighted by Gasteiger charge is -2.38. The number of halogens is 4. The molecule has 1 fully saturated rings. The summed E-state index contributed by atoms with van der Waals surface area (Å²) >= 11 is 6.03. The summed E-state index contributed by atoms with van der Waals surface area (Å²) in [7, 11) is 0. The maximum absolute atomic E-state index is 12.7. The van der Waals surface area contributed by atoms with Gasteiger partial charge in [-0.1, -0.05) is 38.4 Å². The molecular formula is C21H29ClF3N3O6. The number of carboxylic acids is 1. The summed E-state index contributed by atoms with van der Waals surface area (Å²) in [6.07, 6.45) is -6.28. The van der Waals surface area contributed by atoms with Crippen LogP contribution in [0.1, 0.15) is 31.9 Å². The zero-order valence-corrected chi connectivity index (χ0v) is 19.7. The Morgan fingerprint density at radius 2 is 1.85 bits per heavy atom. The lowest BCUT2D eigenvalue weighted by Crippen LogP contribution is -2.59. The van der Waals surface area contributed by atoms with Crippen molar-refractivity contribution in [3.63, 3.8) is 0 Å². The Labute approximate surface area is 200 Å². The summed E-state index contributed by atoms with van der Waals surface area (Å²) in [5.74, 6) is -3.56. The SMILES string of the molecule is CC(C)(C)[C@@H](O)C(=O)N1CCOC[C@H]1C(=O)NCc1cc(Cl)ccc1CN.O=C(O)C(F)(F)F. The van der Waals surface area contributed by atoms with Gasteiger partial charge in [-0.05, 0) is 28.7 Å². The Morgan fingerprint density at radius 1 is 1.26 bits per heavy atom. The monoisotopic (exact) mass is 511 g/mol. The van der Waals surface area contributed by atoms with E-state index in [4.69, 9.17) is 32.0 Å². The molecule has 2 amide bonds. The number of aliphatic carboxylic acids is 1. The molecule has 192 valence electrons. The Morgan fingerprint density at radius 3 is 2.35 bits per heavy atom. The number of aliphatic hydroxyl groups is 1. The van der Waals surface area contributed by atoms with Crippen LogP contribution in [0.15, 0.2) is 18.2 Å². The van der Waals surface area contributed by atoms with Crippen molar-refractivity contribution in [2.24, 2.45) is 11.1 Å². The number of carbonyl (C=O) groups excluding carboxylic acids is 2. The van der Waals surface area contributed by atoms with Crippen molar-refractivity contribution in [1.29, 1.82) is 0 Å². The molecule has 1 heterocycles. The Bertz CT molecular complexity index is 876. The molecule has 0 saturated carbocycles. The molecule has 1 aliphatic rings. The average molecular weight is 512 g/mol. The number of aliphatic hydroxyl groups excluding tert-OH is 1. The summed E-state index contributed by atoms with van der Waals surface area (Å²) in [4.78, 5) is 35.7. The molecule has 0 unspecified atom stereocenters. The maximum atomic E-state index is 12.7. The third kappa shape index (κ3) is 8.75. The minimum Gasteiger partial charge on any atom is -0.475 e. The van der Waals surface area contributed by atoms with E-state index in [9.17, 15) is 27.9 Å². The first-order valence-corrected chi connectivity index (χ1v) is 10.6. The number of ether oxygens (including phenoxy) is 1. The first-order chi connectivity index (χ1) is 15.6. The normalized spacial score (nSPS) is 17.3. The number of rotatable bonds is 5. The fraction of sp³-hybridized carbons (Fsp3) is 0.571. The summed E-state index contributed by atoms with van der Waals surface area (Å²) in [6, 6.07) is 4.54. The van der Waals surface area contributed by atoms with Crippen LogP contribution < -0.4 is 11.1 Å². The van der Waals surface area contributed by atoms with Crippen molar-refractivity contribution >= 4 is 29.4 Å². The highest BCUT2D eigenvalue weighted by atomic mass is 35.5. The molecule has 0 aromatic heterocycles. The predicted octanol–water partition coefficient (Wildman–Crippen LogP) is 1.68. The number of alkyl halides is 3. The minimum absolute atomic E-state index is 0.0910. The molecule has 0 bridgehead atoms. The molecule has 13 heteroatoms. The second-order valence-electron chi connectivity index (χ2n) is 8.53. The van der Waals surface area contributed by atoms with Crippen molar-refractivity contribution in [1.82, 2.24) is 10.2 Å². The van der Waals surface area contributed by atoms with Gasteiger partial charge in [-0.25, -0.2) is 4.79 Å². The molecule has 9 nitrogen and oxygen atoms in total. The highest BCUT2D eigenvalue weighted by Gasteiger charge is 2.39. The van der Waals surface area contributed by atoms with Crippen molar-refractivity contribution in [2.75, 3.05) is 19.8 Å². The number of nitrogens with zero attached hydrogens (tertiary/aromatic N) is 1. The van der Waals surface area contributed by atoms with E-state index in [1.54, 1.807) is 32.9 Å². The minimum atomic E-state index is -5.08. The molecule has 34 heavy (non-hydrogen) atoms. The van der Waals surface area contributed by atoms with Gasteiger partial charge in [0.25, 0.3) is 5.91 Å². The molecule has 2 atom stereocenters. The van der Waals surface area contributed by atoms with Crippen molar-refractivity contribution in [3.05, 3.63) is 34.3 Å². The van der Waals surface area contributed by atoms with Crippen molar-refractivity contribution < 1.29 is 42.5 Å². The zero-order chi connectivity index (χ0) is 26.3. The standard InChI is InChI=1S/C19H28ClN3O4.C2HF3O2/c1-19(2,3)16(24)18(26)23-6-7-27-11-15(23)17(25)22-10-13-8-14(20)5-4-12(13)9-21;3-2(4,5)1(6)7/h4-5,8,15-16,24H,6-7,9-11,21H2,1-3H3,(H,22,25);(H,6,7)/t15-,16-;/m0./s1. The summed E-state index contributed by atoms with van der Waals surface area (Å²) in [6.45, 7) is 6.58. The lowest BCUT2D eigenvalue weighted by molar-refractivity contribution is -0.192. The number of benzene rings is 1. The molecular weight excluding hydrogens is 483 g/mol. The van der Waals surface area contributed by atoms with Gasteiger partial charge in [0.05, 0.1) is 13.2 Å². The van der Waals surface area contributed by atoms with Gasteiger partial charge in [-0.3, -0.25) is 9.59 Å². The molecule has 2 rings (SSSR count). The van der Waals surface area contributed by atoms with Gasteiger partial charge in [-0.2, -0.15) is 13.2 Å². The molecule has 0 spiro atoms. The van der Waals surface area contributed by atoms with Crippen LogP contribution in [-0.4, -0.2) is 71.0 Å². The van der Waals surface area contributed by atoms with E-state index in [1.165, 1.54) is 4.90 Å². The van der Waals surface area contributed by atoms with Crippen LogP contribution in [0.4, 0.5) is 13.2 Å². The van der Waals surface area contributed by atoms with E-state index in [-0.39, 0.29) is 25.6 Å². The summed E-state index contributed by atoms with van der Waals surface area (Å²) in [5, 5.41) is 20.8. The Kier molecular flexibility index (Phi) is 10.8. The van der Waals surface area contributed by atoms with E-state index < -0.39 is 35.6 Å². The van der Waals surface area contributed by atoms with E-state index >= 15 is 0 Å². The lowest BCUT2D eigenvalue weighted by atomic mass is 9.88. The van der Waals surface area contributed by atoms with Crippen LogP contribution in [0, 0.1) is 5.41 Å². The smallest absolute Gasteiger partial charge is 0.475 e. The number of amides is 2. The van der Waals surface area contributed by atoms with Gasteiger partial charge in [0.1, 0.15) is 12.1 Å². The largest absolute Gasteiger partial charge is 0.490 e. The van der Waals surface area contributed by atoms with Gasteiger partial charge in [0.2, 0.25) is 5.91 Å². The first kappa shape index (κ1) is 29.6. The molecule has 5 N–H and O–H groups in total. The van der Waals surface area contributed by atoms with E-state index in [0.29, 0.717) is 18.2 Å². The van der Waals surface area contributed by atoms with Gasteiger partial charge >= 0.3 is 12.1 Å². The quantitative estimate of drug-likeness (QED) is 0.471. The third-order valence-corrected chi connectivity index (χ3v) is 5.09. The van der Waals surface area contributed by atoms with E-state index in [2.05, 4.69) is 5.32 Å². The number of nitrogens with two attached hydrogens (primary N) is 1. The summed E-state index contributed by atoms with van der Waals surface area (Å²) in [5.41, 5.74) is 6.82. The third-order valence-electron chi connectivity index (χ3n) is 4.85. The molecule has 1 aliphatic heterocycles. The molecule has 1 aromatic rings. The maximum Gasteiger partial charge on any atom is 0.490 e. The highest BCUT2D eigenvalue weighted by Crippen LogP contribution is 2.23. The van der Waals surface area contributed by atoms with E-state index in [1.807, 2.05) is 6.07 Å². The number of hydrogen-bond donors (Lipinski definition) is 4. The van der Waals surface area contributed by atoms with Crippen LogP contribution in [0.5, 0.6) is 0 Å². The number of carboxylic acid groups (broad SMARTS) is 1. The van der Waals surface area contributed by atoms with Gasteiger partial charge < -0.3 is 30.9 Å². The number of morpholine rings is 1. The van der Waals surface area contributed by atoms with Crippen LogP contribution in [0.25, 0.3) is 0 Å². The molecule has 1 saturated heterocycles. The van der Waals surface area contributed by atoms with Crippen molar-refractivity contribution in [2.45, 2.75) is 52.2 Å². The van der Waals surface area contributed by atoms with Crippen LogP contribution in [-0.2, 0) is 32.2 Å². The van der Waals surface area contributed by atoms with Gasteiger partial charge in [-0.15, -0.1) is 0 Å². The topological polar surface area (TPSA) is 142 Å². The molecule has 1 aromatic carbocycles. The van der Waals surface area contributed by atoms with Gasteiger partial charge in [0, 0.05) is 24.7 Å². The Hall–Kier alpha value is -2.41. The van der Waals surface area contributed by atoms with Crippen LogP contribution in [0.2, 0.25) is 5.02 Å². The number of carbonyl (C=O) groups is 3. The fourth-order valence-electron chi connectivity index (χ4n) is 2.87. The predicted molar refractivity (Wildman–Crippen MR) is 117 cm³/mol. The highest BCUT2D eigenvalue weighted by molar-refractivity contribution is 6.30. The van der Waals surface area contributed by atoms with Crippen LogP contribution >= 0.6 is 11.6 Å². The molecule has 0 aliphatic carbocycles. The summed E-state index contributed by atoms with van der Waals surface area (Å²) < 4.78 is 37.1. The second kappa shape index (κ2) is 12.3. The van der Waals surface area contributed by atoms with Crippen LogP contribution in [0.3, 0.4) is 0 Å². The molecule has 0 radical (unpaired) electrons. The van der Waals surface area contributed by atoms with Gasteiger partial charge in [0.15, 0.2) is 0 Å². The first-order valence-electron chi connectivity index (χ1n) is 10.2.